The SMILES string of the molecule is O=C(Cc1ccc(Cl)cc1)NCCNc1cc(-n2cccn2)ncn1. The van der Waals surface area contributed by atoms with Crippen LogP contribution in [-0.2, 0) is 11.2 Å². The highest BCUT2D eigenvalue weighted by Gasteiger charge is 2.04. The summed E-state index contributed by atoms with van der Waals surface area (Å²) in [6.45, 7) is 1.05. The Labute approximate surface area is 150 Å². The summed E-state index contributed by atoms with van der Waals surface area (Å²) in [6.07, 6.45) is 5.29. The lowest BCUT2D eigenvalue weighted by atomic mass is 10.1. The van der Waals surface area contributed by atoms with E-state index in [1.807, 2.05) is 24.4 Å². The molecule has 2 heterocycles. The zero-order valence-electron chi connectivity index (χ0n) is 13.4. The Balaban J connectivity index is 1.43. The smallest absolute Gasteiger partial charge is 0.224 e. The molecule has 3 rings (SSSR count). The van der Waals surface area contributed by atoms with E-state index in [1.54, 1.807) is 29.1 Å². The Morgan fingerprint density at radius 2 is 2.00 bits per heavy atom. The Hall–Kier alpha value is -2.93. The van der Waals surface area contributed by atoms with E-state index in [4.69, 9.17) is 11.6 Å². The number of hydrogen-bond donors (Lipinski definition) is 2. The highest BCUT2D eigenvalue weighted by Crippen LogP contribution is 2.10. The Morgan fingerprint density at radius 1 is 1.16 bits per heavy atom. The molecule has 128 valence electrons. The second-order valence-corrected chi connectivity index (χ2v) is 5.73. The molecule has 7 nitrogen and oxygen atoms in total. The van der Waals surface area contributed by atoms with E-state index >= 15 is 0 Å². The summed E-state index contributed by atoms with van der Waals surface area (Å²) in [5.74, 6) is 1.31. The molecular formula is C17H17ClN6O. The number of rotatable bonds is 7. The first kappa shape index (κ1) is 16.9. The average Bonchev–Trinajstić information content (AvgIpc) is 3.16. The zero-order valence-corrected chi connectivity index (χ0v) is 14.1. The first-order chi connectivity index (χ1) is 12.2. The predicted molar refractivity (Wildman–Crippen MR) is 95.8 cm³/mol. The van der Waals surface area contributed by atoms with Gasteiger partial charge in [0.15, 0.2) is 5.82 Å². The first-order valence-electron chi connectivity index (χ1n) is 7.78. The fraction of sp³-hybridized carbons (Fsp3) is 0.176. The van der Waals surface area contributed by atoms with E-state index in [9.17, 15) is 4.79 Å². The number of benzene rings is 1. The van der Waals surface area contributed by atoms with Gasteiger partial charge in [0, 0.05) is 36.6 Å². The monoisotopic (exact) mass is 356 g/mol. The molecule has 2 aromatic heterocycles. The Bertz CT molecular complexity index is 819. The van der Waals surface area contributed by atoms with Crippen LogP contribution in [0.3, 0.4) is 0 Å². The van der Waals surface area contributed by atoms with Gasteiger partial charge in [-0.25, -0.2) is 14.6 Å². The molecule has 25 heavy (non-hydrogen) atoms. The molecule has 0 saturated heterocycles. The van der Waals surface area contributed by atoms with Crippen LogP contribution in [0.5, 0.6) is 0 Å². The van der Waals surface area contributed by atoms with Crippen LogP contribution in [0.25, 0.3) is 5.82 Å². The number of halogens is 1. The van der Waals surface area contributed by atoms with Gasteiger partial charge in [0.1, 0.15) is 12.1 Å². The van der Waals surface area contributed by atoms with Crippen molar-refractivity contribution in [2.24, 2.45) is 0 Å². The van der Waals surface area contributed by atoms with Gasteiger partial charge in [-0.3, -0.25) is 4.79 Å². The van der Waals surface area contributed by atoms with Gasteiger partial charge in [0.25, 0.3) is 0 Å². The minimum Gasteiger partial charge on any atom is -0.368 e. The molecule has 0 aliphatic carbocycles. The first-order valence-corrected chi connectivity index (χ1v) is 8.15. The summed E-state index contributed by atoms with van der Waals surface area (Å²) in [5.41, 5.74) is 0.925. The van der Waals surface area contributed by atoms with Crippen LogP contribution in [-0.4, -0.2) is 38.7 Å². The summed E-state index contributed by atoms with van der Waals surface area (Å²) < 4.78 is 1.65. The lowest BCUT2D eigenvalue weighted by molar-refractivity contribution is -0.120. The summed E-state index contributed by atoms with van der Waals surface area (Å²) in [4.78, 5) is 20.2. The highest BCUT2D eigenvalue weighted by atomic mass is 35.5. The number of amides is 1. The summed E-state index contributed by atoms with van der Waals surface area (Å²) in [6, 6.07) is 10.9. The number of carbonyl (C=O) groups excluding carboxylic acids is 1. The minimum absolute atomic E-state index is 0.0379. The molecule has 1 amide bonds. The van der Waals surface area contributed by atoms with Gasteiger partial charge in [0.2, 0.25) is 5.91 Å². The standard InChI is InChI=1S/C17H17ClN6O/c18-14-4-2-13(3-5-14)10-17(25)20-8-7-19-15-11-16(22-12-21-15)24-9-1-6-23-24/h1-6,9,11-12H,7-8,10H2,(H,20,25)(H,19,21,22). The Morgan fingerprint density at radius 3 is 2.76 bits per heavy atom. The number of hydrogen-bond acceptors (Lipinski definition) is 5. The number of carbonyl (C=O) groups is 1. The maximum Gasteiger partial charge on any atom is 0.224 e. The van der Waals surface area contributed by atoms with Crippen molar-refractivity contribution < 1.29 is 4.79 Å². The molecule has 0 bridgehead atoms. The highest BCUT2D eigenvalue weighted by molar-refractivity contribution is 6.30. The second kappa shape index (κ2) is 8.25. The predicted octanol–water partition coefficient (Wildman–Crippen LogP) is 2.09. The summed E-state index contributed by atoms with van der Waals surface area (Å²) in [7, 11) is 0. The summed E-state index contributed by atoms with van der Waals surface area (Å²) in [5, 5.41) is 10.8. The summed E-state index contributed by atoms with van der Waals surface area (Å²) >= 11 is 5.83. The van der Waals surface area contributed by atoms with Gasteiger partial charge in [-0.05, 0) is 23.8 Å². The van der Waals surface area contributed by atoms with E-state index in [0.29, 0.717) is 36.2 Å². The molecule has 3 aromatic rings. The largest absolute Gasteiger partial charge is 0.368 e. The van der Waals surface area contributed by atoms with Crippen molar-refractivity contribution >= 4 is 23.3 Å². The van der Waals surface area contributed by atoms with Crippen molar-refractivity contribution in [2.45, 2.75) is 6.42 Å². The molecule has 2 N–H and O–H groups in total. The van der Waals surface area contributed by atoms with E-state index in [1.165, 1.54) is 6.33 Å². The minimum atomic E-state index is -0.0379. The maximum absolute atomic E-state index is 11.9. The van der Waals surface area contributed by atoms with Gasteiger partial charge < -0.3 is 10.6 Å². The molecule has 1 aromatic carbocycles. The third-order valence-corrected chi connectivity index (χ3v) is 3.67. The van der Waals surface area contributed by atoms with Crippen molar-refractivity contribution in [2.75, 3.05) is 18.4 Å². The molecule has 0 spiro atoms. The molecule has 0 radical (unpaired) electrons. The molecule has 0 saturated carbocycles. The van der Waals surface area contributed by atoms with Crippen molar-refractivity contribution in [1.29, 1.82) is 0 Å². The van der Waals surface area contributed by atoms with Gasteiger partial charge in [-0.15, -0.1) is 0 Å². The lowest BCUT2D eigenvalue weighted by Crippen LogP contribution is -2.30. The average molecular weight is 357 g/mol. The molecule has 0 aliphatic rings. The van der Waals surface area contributed by atoms with E-state index in [2.05, 4.69) is 25.7 Å². The van der Waals surface area contributed by atoms with Crippen LogP contribution >= 0.6 is 11.6 Å². The molecule has 8 heteroatoms. The number of nitrogens with one attached hydrogen (secondary N) is 2. The van der Waals surface area contributed by atoms with E-state index < -0.39 is 0 Å². The van der Waals surface area contributed by atoms with E-state index in [0.717, 1.165) is 5.56 Å². The molecular weight excluding hydrogens is 340 g/mol. The Kier molecular flexibility index (Phi) is 5.58. The van der Waals surface area contributed by atoms with Gasteiger partial charge in [0.05, 0.1) is 6.42 Å². The topological polar surface area (TPSA) is 84.7 Å². The lowest BCUT2D eigenvalue weighted by Gasteiger charge is -2.08. The third-order valence-electron chi connectivity index (χ3n) is 3.42. The van der Waals surface area contributed by atoms with Gasteiger partial charge in [-0.1, -0.05) is 23.7 Å². The van der Waals surface area contributed by atoms with Crippen LogP contribution in [0.15, 0.2) is 55.1 Å². The number of nitrogens with zero attached hydrogens (tertiary/aromatic N) is 4. The quantitative estimate of drug-likeness (QED) is 0.633. The van der Waals surface area contributed by atoms with Crippen LogP contribution in [0.2, 0.25) is 5.02 Å². The number of aromatic nitrogens is 4. The number of anilines is 1. The molecule has 0 fully saturated rings. The molecule has 0 unspecified atom stereocenters. The van der Waals surface area contributed by atoms with Crippen LogP contribution in [0.1, 0.15) is 5.56 Å². The van der Waals surface area contributed by atoms with Crippen molar-refractivity contribution in [3.63, 3.8) is 0 Å². The van der Waals surface area contributed by atoms with Crippen LogP contribution in [0, 0.1) is 0 Å². The van der Waals surface area contributed by atoms with E-state index in [-0.39, 0.29) is 5.91 Å². The van der Waals surface area contributed by atoms with Gasteiger partial charge >= 0.3 is 0 Å². The zero-order chi connectivity index (χ0) is 17.5. The second-order valence-electron chi connectivity index (χ2n) is 5.29. The molecule has 0 atom stereocenters. The fourth-order valence-corrected chi connectivity index (χ4v) is 2.34. The molecule has 0 aliphatic heterocycles. The maximum atomic E-state index is 11.9. The van der Waals surface area contributed by atoms with Crippen molar-refractivity contribution in [1.82, 2.24) is 25.1 Å². The fourth-order valence-electron chi connectivity index (χ4n) is 2.22. The van der Waals surface area contributed by atoms with Crippen LogP contribution in [0.4, 0.5) is 5.82 Å². The van der Waals surface area contributed by atoms with Crippen molar-refractivity contribution in [3.05, 3.63) is 65.7 Å². The third kappa shape index (κ3) is 5.02. The normalized spacial score (nSPS) is 10.4. The van der Waals surface area contributed by atoms with Gasteiger partial charge in [-0.2, -0.15) is 5.10 Å². The van der Waals surface area contributed by atoms with Crippen LogP contribution < -0.4 is 10.6 Å². The van der Waals surface area contributed by atoms with Crippen molar-refractivity contribution in [3.8, 4) is 5.82 Å².